The largest absolute Gasteiger partial charge is 0.456 e. The van der Waals surface area contributed by atoms with Crippen LogP contribution in [0.4, 0.5) is 0 Å². The van der Waals surface area contributed by atoms with E-state index in [1.807, 2.05) is 60.7 Å². The molecule has 0 unspecified atom stereocenters. The third kappa shape index (κ3) is 5.12. The SMILES string of the molecule is c1ccc(-c2nc(-c3ccccc3)nc(-c3cc(-n4c5ccccc5c5cc6oc7ccccc7c6cc54)ccc3-n3c4ccccc4c4cc5oc6ccccc6c5cc43)n2)cc1. The number of para-hydroxylation sites is 4. The van der Waals surface area contributed by atoms with E-state index in [0.717, 1.165) is 116 Å². The number of benzene rings is 9. The van der Waals surface area contributed by atoms with Gasteiger partial charge in [0.1, 0.15) is 22.3 Å². The molecule has 0 atom stereocenters. The Labute approximate surface area is 364 Å². The molecule has 64 heavy (non-hydrogen) atoms. The summed E-state index contributed by atoms with van der Waals surface area (Å²) in [7, 11) is 0. The summed E-state index contributed by atoms with van der Waals surface area (Å²) in [6, 6.07) is 69.7. The fraction of sp³-hybridized carbons (Fsp3) is 0. The molecule has 298 valence electrons. The average Bonchev–Trinajstić information content (AvgIpc) is 4.10. The van der Waals surface area contributed by atoms with E-state index in [1.54, 1.807) is 0 Å². The highest BCUT2D eigenvalue weighted by Crippen LogP contribution is 2.43. The minimum atomic E-state index is 0.564. The van der Waals surface area contributed by atoms with Gasteiger partial charge < -0.3 is 18.0 Å². The lowest BCUT2D eigenvalue weighted by Crippen LogP contribution is -2.05. The normalized spacial score (nSPS) is 12.1. The second-order valence-corrected chi connectivity index (χ2v) is 16.4. The van der Waals surface area contributed by atoms with Gasteiger partial charge in [-0.3, -0.25) is 0 Å². The van der Waals surface area contributed by atoms with E-state index in [1.165, 1.54) is 0 Å². The van der Waals surface area contributed by atoms with Crippen molar-refractivity contribution in [3.05, 3.63) is 200 Å². The van der Waals surface area contributed by atoms with Gasteiger partial charge in [0.2, 0.25) is 0 Å². The molecular weight excluding hydrogens is 787 g/mol. The zero-order chi connectivity index (χ0) is 41.9. The van der Waals surface area contributed by atoms with Crippen LogP contribution in [0.1, 0.15) is 0 Å². The van der Waals surface area contributed by atoms with Gasteiger partial charge in [-0.25, -0.2) is 15.0 Å². The van der Waals surface area contributed by atoms with Gasteiger partial charge in [0.25, 0.3) is 0 Å². The molecule has 5 heterocycles. The van der Waals surface area contributed by atoms with Crippen molar-refractivity contribution in [3.8, 4) is 45.5 Å². The number of nitrogens with zero attached hydrogens (tertiary/aromatic N) is 5. The van der Waals surface area contributed by atoms with Gasteiger partial charge in [-0.15, -0.1) is 0 Å². The Balaban J connectivity index is 1.11. The van der Waals surface area contributed by atoms with Crippen LogP contribution in [0.15, 0.2) is 209 Å². The first-order valence-electron chi connectivity index (χ1n) is 21.4. The zero-order valence-corrected chi connectivity index (χ0v) is 34.1. The van der Waals surface area contributed by atoms with E-state index < -0.39 is 0 Å². The molecule has 5 aromatic heterocycles. The summed E-state index contributed by atoms with van der Waals surface area (Å²) in [6.07, 6.45) is 0. The van der Waals surface area contributed by atoms with Gasteiger partial charge in [0.15, 0.2) is 17.5 Å². The average molecular weight is 820 g/mol. The summed E-state index contributed by atoms with van der Waals surface area (Å²) < 4.78 is 17.6. The molecule has 0 aliphatic carbocycles. The third-order valence-corrected chi connectivity index (χ3v) is 12.8. The Morgan fingerprint density at radius 2 is 0.750 bits per heavy atom. The molecule has 0 radical (unpaired) electrons. The zero-order valence-electron chi connectivity index (χ0n) is 34.1. The highest BCUT2D eigenvalue weighted by atomic mass is 16.3. The molecule has 0 saturated carbocycles. The molecule has 0 saturated heterocycles. The van der Waals surface area contributed by atoms with E-state index >= 15 is 0 Å². The third-order valence-electron chi connectivity index (χ3n) is 12.8. The summed E-state index contributed by atoms with van der Waals surface area (Å²) in [5.41, 5.74) is 12.3. The minimum Gasteiger partial charge on any atom is -0.456 e. The Morgan fingerprint density at radius 1 is 0.297 bits per heavy atom. The number of hydrogen-bond donors (Lipinski definition) is 0. The molecule has 0 aliphatic rings. The molecular formula is C57H33N5O2. The predicted molar refractivity (Wildman–Crippen MR) is 259 cm³/mol. The van der Waals surface area contributed by atoms with E-state index in [9.17, 15) is 0 Å². The molecule has 14 rings (SSSR count). The standard InChI is InChI=1S/C57H33N5O2/c1-3-15-34(16-4-1)55-58-56(35-17-5-2-6-18-35)60-57(59-55)45-29-36(61-46-23-11-7-19-37(46)41-32-53-43(30-49(41)61)39-21-9-13-25-51(39)63-53)27-28-48(45)62-47-24-12-8-20-38(47)42-33-54-44(31-50(42)62)40-22-10-14-26-52(40)64-54/h1-33H. The Kier molecular flexibility index (Phi) is 7.27. The van der Waals surface area contributed by atoms with Crippen LogP contribution in [-0.4, -0.2) is 24.1 Å². The molecule has 0 spiro atoms. The van der Waals surface area contributed by atoms with Crippen molar-refractivity contribution >= 4 is 87.5 Å². The number of hydrogen-bond acceptors (Lipinski definition) is 5. The highest BCUT2D eigenvalue weighted by Gasteiger charge is 2.23. The molecule has 14 aromatic rings. The first-order chi connectivity index (χ1) is 31.7. The lowest BCUT2D eigenvalue weighted by molar-refractivity contribution is 0.669. The molecule has 0 bridgehead atoms. The maximum absolute atomic E-state index is 6.46. The molecule has 9 aromatic carbocycles. The van der Waals surface area contributed by atoms with Crippen molar-refractivity contribution < 1.29 is 8.83 Å². The molecule has 0 amide bonds. The number of fused-ring (bicyclic) bond motifs is 12. The molecule has 0 fully saturated rings. The summed E-state index contributed by atoms with van der Waals surface area (Å²) >= 11 is 0. The topological polar surface area (TPSA) is 74.8 Å². The lowest BCUT2D eigenvalue weighted by Gasteiger charge is -2.17. The van der Waals surface area contributed by atoms with E-state index in [-0.39, 0.29) is 0 Å². The van der Waals surface area contributed by atoms with Crippen molar-refractivity contribution in [2.75, 3.05) is 0 Å². The molecule has 7 heteroatoms. The maximum atomic E-state index is 6.46. The van der Waals surface area contributed by atoms with Gasteiger partial charge in [0, 0.05) is 65.5 Å². The van der Waals surface area contributed by atoms with Crippen molar-refractivity contribution in [1.29, 1.82) is 0 Å². The van der Waals surface area contributed by atoms with Crippen LogP contribution < -0.4 is 0 Å². The second kappa shape index (κ2) is 13.3. The summed E-state index contributed by atoms with van der Waals surface area (Å²) in [5, 5.41) is 8.78. The Morgan fingerprint density at radius 3 is 1.31 bits per heavy atom. The fourth-order valence-electron chi connectivity index (χ4n) is 9.88. The van der Waals surface area contributed by atoms with Gasteiger partial charge in [-0.1, -0.05) is 133 Å². The van der Waals surface area contributed by atoms with Gasteiger partial charge in [0.05, 0.1) is 27.8 Å². The molecule has 0 N–H and O–H groups in total. The highest BCUT2D eigenvalue weighted by molar-refractivity contribution is 6.19. The van der Waals surface area contributed by atoms with Crippen molar-refractivity contribution in [2.45, 2.75) is 0 Å². The predicted octanol–water partition coefficient (Wildman–Crippen LogP) is 14.9. The number of aromatic nitrogens is 5. The summed E-state index contributed by atoms with van der Waals surface area (Å²) in [4.78, 5) is 15.8. The van der Waals surface area contributed by atoms with Crippen molar-refractivity contribution in [1.82, 2.24) is 24.1 Å². The van der Waals surface area contributed by atoms with Crippen LogP contribution in [0.3, 0.4) is 0 Å². The second-order valence-electron chi connectivity index (χ2n) is 16.4. The van der Waals surface area contributed by atoms with Crippen LogP contribution in [0, 0.1) is 0 Å². The van der Waals surface area contributed by atoms with E-state index in [4.69, 9.17) is 23.8 Å². The van der Waals surface area contributed by atoms with Crippen LogP contribution in [0.5, 0.6) is 0 Å². The minimum absolute atomic E-state index is 0.564. The molecule has 0 aliphatic heterocycles. The summed E-state index contributed by atoms with van der Waals surface area (Å²) in [5.74, 6) is 1.76. The van der Waals surface area contributed by atoms with Crippen LogP contribution >= 0.6 is 0 Å². The smallest absolute Gasteiger partial charge is 0.166 e. The number of furan rings is 2. The monoisotopic (exact) mass is 819 g/mol. The quantitative estimate of drug-likeness (QED) is 0.173. The van der Waals surface area contributed by atoms with Crippen molar-refractivity contribution in [3.63, 3.8) is 0 Å². The summed E-state index contributed by atoms with van der Waals surface area (Å²) in [6.45, 7) is 0. The van der Waals surface area contributed by atoms with Crippen LogP contribution in [0.2, 0.25) is 0 Å². The van der Waals surface area contributed by atoms with E-state index in [0.29, 0.717) is 17.5 Å². The van der Waals surface area contributed by atoms with Crippen LogP contribution in [-0.2, 0) is 0 Å². The maximum Gasteiger partial charge on any atom is 0.166 e. The van der Waals surface area contributed by atoms with E-state index in [2.05, 4.69) is 149 Å². The number of rotatable bonds is 5. The van der Waals surface area contributed by atoms with Crippen LogP contribution in [0.25, 0.3) is 133 Å². The Hall–Kier alpha value is -8.81. The first kappa shape index (κ1) is 34.9. The van der Waals surface area contributed by atoms with Gasteiger partial charge in [-0.2, -0.15) is 0 Å². The fourth-order valence-corrected chi connectivity index (χ4v) is 9.88. The first-order valence-corrected chi connectivity index (χ1v) is 21.4. The van der Waals surface area contributed by atoms with Crippen molar-refractivity contribution in [2.24, 2.45) is 0 Å². The molecule has 7 nitrogen and oxygen atoms in total. The Bertz CT molecular complexity index is 4140. The van der Waals surface area contributed by atoms with Gasteiger partial charge in [-0.05, 0) is 66.7 Å². The lowest BCUT2D eigenvalue weighted by atomic mass is 10.1. The van der Waals surface area contributed by atoms with Gasteiger partial charge >= 0.3 is 0 Å².